The van der Waals surface area contributed by atoms with Crippen molar-refractivity contribution in [3.8, 4) is 11.6 Å². The summed E-state index contributed by atoms with van der Waals surface area (Å²) in [6.07, 6.45) is 0.862. The lowest BCUT2D eigenvalue weighted by molar-refractivity contribution is 0.457. The number of ether oxygens (including phenoxy) is 1. The molecule has 0 spiro atoms. The normalized spacial score (nSPS) is 10.5. The number of nitrogens with zero attached hydrogens (tertiary/aromatic N) is 1. The van der Waals surface area contributed by atoms with E-state index < -0.39 is 0 Å². The maximum Gasteiger partial charge on any atom is 0.219 e. The molecule has 0 aliphatic carbocycles. The number of halogens is 2. The first-order valence-corrected chi connectivity index (χ1v) is 7.45. The topological polar surface area (TPSA) is 22.1 Å². The van der Waals surface area contributed by atoms with E-state index in [2.05, 4.69) is 27.8 Å². The minimum Gasteiger partial charge on any atom is -0.439 e. The smallest absolute Gasteiger partial charge is 0.219 e. The van der Waals surface area contributed by atoms with Crippen molar-refractivity contribution in [1.29, 1.82) is 0 Å². The highest BCUT2D eigenvalue weighted by atomic mass is 79.9. The van der Waals surface area contributed by atoms with Crippen LogP contribution in [-0.2, 0) is 12.3 Å². The van der Waals surface area contributed by atoms with Gasteiger partial charge < -0.3 is 4.74 Å². The van der Waals surface area contributed by atoms with Crippen LogP contribution in [0.3, 0.4) is 0 Å². The van der Waals surface area contributed by atoms with Crippen molar-refractivity contribution in [3.05, 3.63) is 51.6 Å². The molecule has 0 atom stereocenters. The molecule has 2 aromatic rings. The number of hydrogen-bond donors (Lipinski definition) is 0. The molecule has 0 fully saturated rings. The fraction of sp³-hybridized carbons (Fsp3) is 0.267. The van der Waals surface area contributed by atoms with Gasteiger partial charge in [-0.3, -0.25) is 0 Å². The number of aromatic nitrogens is 1. The summed E-state index contributed by atoms with van der Waals surface area (Å²) in [5.41, 5.74) is 3.08. The molecule has 2 nitrogen and oxygen atoms in total. The summed E-state index contributed by atoms with van der Waals surface area (Å²) in [7, 11) is 0. The minimum atomic E-state index is 0.463. The lowest BCUT2D eigenvalue weighted by atomic mass is 10.2. The van der Waals surface area contributed by atoms with Crippen LogP contribution in [0.4, 0.5) is 0 Å². The first-order chi connectivity index (χ1) is 9.12. The van der Waals surface area contributed by atoms with Crippen LogP contribution in [0.5, 0.6) is 11.6 Å². The lowest BCUT2D eigenvalue weighted by Gasteiger charge is -2.10. The number of hydrogen-bond acceptors (Lipinski definition) is 2. The molecule has 0 saturated carbocycles. The van der Waals surface area contributed by atoms with Crippen molar-refractivity contribution >= 4 is 27.5 Å². The van der Waals surface area contributed by atoms with Gasteiger partial charge in [0.2, 0.25) is 5.88 Å². The van der Waals surface area contributed by atoms with Crippen LogP contribution in [0.1, 0.15) is 23.7 Å². The van der Waals surface area contributed by atoms with Crippen LogP contribution in [-0.4, -0.2) is 4.98 Å². The highest BCUT2D eigenvalue weighted by Crippen LogP contribution is 2.27. The maximum atomic E-state index is 5.89. The highest BCUT2D eigenvalue weighted by Gasteiger charge is 2.06. The van der Waals surface area contributed by atoms with Gasteiger partial charge >= 0.3 is 0 Å². The average Bonchev–Trinajstić information content (AvgIpc) is 2.41. The molecule has 4 heteroatoms. The monoisotopic (exact) mass is 339 g/mol. The van der Waals surface area contributed by atoms with Crippen molar-refractivity contribution in [1.82, 2.24) is 4.98 Å². The second-order valence-electron chi connectivity index (χ2n) is 4.30. The Bertz CT molecular complexity index is 564. The SMILES string of the molecule is CCc1cc(CCl)cc(Oc2ccc(Br)cc2C)n1. The van der Waals surface area contributed by atoms with Gasteiger partial charge in [-0.2, -0.15) is 0 Å². The van der Waals surface area contributed by atoms with Crippen LogP contribution in [0, 0.1) is 6.92 Å². The molecule has 0 bridgehead atoms. The third-order valence-electron chi connectivity index (χ3n) is 2.78. The summed E-state index contributed by atoms with van der Waals surface area (Å²) in [6, 6.07) is 9.79. The largest absolute Gasteiger partial charge is 0.439 e. The van der Waals surface area contributed by atoms with Crippen molar-refractivity contribution in [2.45, 2.75) is 26.1 Å². The molecule has 1 aromatic carbocycles. The number of aryl methyl sites for hydroxylation is 2. The number of pyridine rings is 1. The second kappa shape index (κ2) is 6.40. The highest BCUT2D eigenvalue weighted by molar-refractivity contribution is 9.10. The zero-order valence-corrected chi connectivity index (χ0v) is 13.3. The van der Waals surface area contributed by atoms with Gasteiger partial charge in [0.15, 0.2) is 0 Å². The van der Waals surface area contributed by atoms with Gasteiger partial charge in [0.25, 0.3) is 0 Å². The van der Waals surface area contributed by atoms with Crippen LogP contribution < -0.4 is 4.74 Å². The molecule has 1 aromatic heterocycles. The van der Waals surface area contributed by atoms with Gasteiger partial charge in [-0.05, 0) is 48.7 Å². The van der Waals surface area contributed by atoms with E-state index in [-0.39, 0.29) is 0 Å². The van der Waals surface area contributed by atoms with E-state index >= 15 is 0 Å². The van der Waals surface area contributed by atoms with Crippen LogP contribution in [0.15, 0.2) is 34.8 Å². The Balaban J connectivity index is 2.31. The summed E-state index contributed by atoms with van der Waals surface area (Å²) in [4.78, 5) is 4.47. The van der Waals surface area contributed by atoms with E-state index in [1.165, 1.54) is 0 Å². The van der Waals surface area contributed by atoms with Gasteiger partial charge in [0.1, 0.15) is 5.75 Å². The Morgan fingerprint density at radius 2 is 2.05 bits per heavy atom. The Hall–Kier alpha value is -1.06. The zero-order chi connectivity index (χ0) is 13.8. The van der Waals surface area contributed by atoms with E-state index in [9.17, 15) is 0 Å². The van der Waals surface area contributed by atoms with Gasteiger partial charge in [-0.25, -0.2) is 4.98 Å². The molecule has 19 heavy (non-hydrogen) atoms. The van der Waals surface area contributed by atoms with Crippen molar-refractivity contribution in [2.75, 3.05) is 0 Å². The predicted molar refractivity (Wildman–Crippen MR) is 82.1 cm³/mol. The zero-order valence-electron chi connectivity index (χ0n) is 10.9. The summed E-state index contributed by atoms with van der Waals surface area (Å²) < 4.78 is 6.89. The Labute approximate surface area is 126 Å². The third-order valence-corrected chi connectivity index (χ3v) is 3.58. The molecule has 0 unspecified atom stereocenters. The molecular weight excluding hydrogens is 326 g/mol. The van der Waals surface area contributed by atoms with Gasteiger partial charge in [0, 0.05) is 22.1 Å². The molecule has 2 rings (SSSR count). The number of alkyl halides is 1. The second-order valence-corrected chi connectivity index (χ2v) is 5.49. The first-order valence-electron chi connectivity index (χ1n) is 6.12. The Morgan fingerprint density at radius 1 is 1.26 bits per heavy atom. The molecule has 0 saturated heterocycles. The van der Waals surface area contributed by atoms with Crippen LogP contribution in [0.2, 0.25) is 0 Å². The molecule has 0 amide bonds. The summed E-state index contributed by atoms with van der Waals surface area (Å²) in [5, 5.41) is 0. The van der Waals surface area contributed by atoms with E-state index in [0.29, 0.717) is 11.8 Å². The predicted octanol–water partition coefficient (Wildman–Crippen LogP) is 5.25. The Kier molecular flexibility index (Phi) is 4.83. The molecule has 0 aliphatic heterocycles. The standard InChI is InChI=1S/C15H15BrClNO/c1-3-13-7-11(9-17)8-15(18-13)19-14-5-4-12(16)6-10(14)2/h4-8H,3,9H2,1-2H3. The number of rotatable bonds is 4. The Morgan fingerprint density at radius 3 is 2.68 bits per heavy atom. The third kappa shape index (κ3) is 3.71. The van der Waals surface area contributed by atoms with E-state index in [4.69, 9.17) is 16.3 Å². The molecule has 0 radical (unpaired) electrons. The quantitative estimate of drug-likeness (QED) is 0.710. The van der Waals surface area contributed by atoms with Gasteiger partial charge in [-0.15, -0.1) is 11.6 Å². The minimum absolute atomic E-state index is 0.463. The molecule has 0 N–H and O–H groups in total. The van der Waals surface area contributed by atoms with Crippen LogP contribution in [0.25, 0.3) is 0 Å². The molecular formula is C15H15BrClNO. The molecule has 100 valence electrons. The fourth-order valence-corrected chi connectivity index (χ4v) is 2.40. The van der Waals surface area contributed by atoms with E-state index in [1.54, 1.807) is 0 Å². The van der Waals surface area contributed by atoms with Crippen molar-refractivity contribution in [2.24, 2.45) is 0 Å². The van der Waals surface area contributed by atoms with E-state index in [1.807, 2.05) is 37.3 Å². The van der Waals surface area contributed by atoms with E-state index in [0.717, 1.165) is 33.5 Å². The summed E-state index contributed by atoms with van der Waals surface area (Å²) in [5.74, 6) is 1.87. The van der Waals surface area contributed by atoms with Crippen molar-refractivity contribution in [3.63, 3.8) is 0 Å². The maximum absolute atomic E-state index is 5.89. The molecule has 0 aliphatic rings. The van der Waals surface area contributed by atoms with Crippen LogP contribution >= 0.6 is 27.5 Å². The first kappa shape index (κ1) is 14.4. The lowest BCUT2D eigenvalue weighted by Crippen LogP contribution is -1.96. The molecule has 1 heterocycles. The summed E-state index contributed by atoms with van der Waals surface area (Å²) >= 11 is 9.33. The fourth-order valence-electron chi connectivity index (χ4n) is 1.77. The van der Waals surface area contributed by atoms with Gasteiger partial charge in [-0.1, -0.05) is 22.9 Å². The summed E-state index contributed by atoms with van der Waals surface area (Å²) in [6.45, 7) is 4.07. The number of benzene rings is 1. The van der Waals surface area contributed by atoms with Crippen molar-refractivity contribution < 1.29 is 4.74 Å². The van der Waals surface area contributed by atoms with Gasteiger partial charge in [0.05, 0.1) is 0 Å². The average molecular weight is 341 g/mol.